The Bertz CT molecular complexity index is 505. The van der Waals surface area contributed by atoms with Gasteiger partial charge in [-0.05, 0) is 12.1 Å². The number of aliphatic imine (C=N–C) groups is 1. The van der Waals surface area contributed by atoms with E-state index in [2.05, 4.69) is 20.9 Å². The first-order valence-electron chi connectivity index (χ1n) is 5.31. The summed E-state index contributed by atoms with van der Waals surface area (Å²) < 4.78 is 38.9. The van der Waals surface area contributed by atoms with Crippen LogP contribution in [-0.2, 0) is 4.79 Å². The Hall–Kier alpha value is -2.25. The molecule has 104 valence electrons. The third-order valence-corrected chi connectivity index (χ3v) is 2.19. The predicted molar refractivity (Wildman–Crippen MR) is 65.4 cm³/mol. The number of hydrogen-bond donors (Lipinski definition) is 3. The van der Waals surface area contributed by atoms with Gasteiger partial charge in [-0.25, -0.2) is 13.2 Å². The largest absolute Gasteiger partial charge is 0.359 e. The molecule has 3 N–H and O–H groups in total. The van der Waals surface area contributed by atoms with Crippen LogP contribution in [0.4, 0.5) is 18.9 Å². The number of guanidine groups is 1. The summed E-state index contributed by atoms with van der Waals surface area (Å²) in [5.74, 6) is -4.64. The second kappa shape index (κ2) is 6.62. The van der Waals surface area contributed by atoms with Crippen molar-refractivity contribution < 1.29 is 18.0 Å². The maximum absolute atomic E-state index is 13.3. The Labute approximate surface area is 107 Å². The van der Waals surface area contributed by atoms with Crippen molar-refractivity contribution >= 4 is 17.6 Å². The first-order valence-corrected chi connectivity index (χ1v) is 5.31. The molecule has 1 amide bonds. The molecule has 0 saturated heterocycles. The van der Waals surface area contributed by atoms with E-state index in [0.717, 1.165) is 12.1 Å². The monoisotopic (exact) mass is 274 g/mol. The standard InChI is InChI=1S/C11H13F3N4O/c1-15-11(16-2)17-5-8(19)18-7-4-3-6(12)9(13)10(7)14/h3-4H,5H2,1-2H3,(H,18,19)(H2,15,16,17). The van der Waals surface area contributed by atoms with Crippen LogP contribution in [0.5, 0.6) is 0 Å². The van der Waals surface area contributed by atoms with E-state index in [1.165, 1.54) is 7.05 Å². The highest BCUT2D eigenvalue weighted by molar-refractivity contribution is 5.95. The van der Waals surface area contributed by atoms with Crippen molar-refractivity contribution in [3.05, 3.63) is 29.6 Å². The third-order valence-electron chi connectivity index (χ3n) is 2.19. The fourth-order valence-electron chi connectivity index (χ4n) is 1.26. The first-order chi connectivity index (χ1) is 8.99. The van der Waals surface area contributed by atoms with Crippen molar-refractivity contribution in [2.45, 2.75) is 0 Å². The van der Waals surface area contributed by atoms with Gasteiger partial charge in [-0.15, -0.1) is 0 Å². The Balaban J connectivity index is 2.65. The molecule has 0 aliphatic rings. The van der Waals surface area contributed by atoms with Crippen molar-refractivity contribution in [3.8, 4) is 0 Å². The molecule has 1 aromatic carbocycles. The number of hydrogen-bond acceptors (Lipinski definition) is 2. The van der Waals surface area contributed by atoms with E-state index in [1.54, 1.807) is 7.05 Å². The number of carbonyl (C=O) groups is 1. The molecular formula is C11H13F3N4O. The zero-order valence-corrected chi connectivity index (χ0v) is 10.4. The van der Waals surface area contributed by atoms with Gasteiger partial charge in [0.25, 0.3) is 0 Å². The van der Waals surface area contributed by atoms with Gasteiger partial charge < -0.3 is 16.0 Å². The molecule has 0 unspecified atom stereocenters. The number of amides is 1. The van der Waals surface area contributed by atoms with Crippen LogP contribution in [0.25, 0.3) is 0 Å². The Kier molecular flexibility index (Phi) is 5.16. The molecule has 0 saturated carbocycles. The topological polar surface area (TPSA) is 65.5 Å². The smallest absolute Gasteiger partial charge is 0.243 e. The quantitative estimate of drug-likeness (QED) is 0.435. The van der Waals surface area contributed by atoms with E-state index in [1.807, 2.05) is 0 Å². The number of nitrogens with one attached hydrogen (secondary N) is 3. The molecule has 0 spiro atoms. The third kappa shape index (κ3) is 3.87. The maximum Gasteiger partial charge on any atom is 0.243 e. The van der Waals surface area contributed by atoms with Crippen molar-refractivity contribution in [1.29, 1.82) is 0 Å². The molecule has 19 heavy (non-hydrogen) atoms. The molecule has 0 atom stereocenters. The average Bonchev–Trinajstić information content (AvgIpc) is 2.40. The van der Waals surface area contributed by atoms with E-state index in [0.29, 0.717) is 5.96 Å². The molecule has 0 aromatic heterocycles. The summed E-state index contributed by atoms with van der Waals surface area (Å²) in [6.45, 7) is -0.202. The van der Waals surface area contributed by atoms with Gasteiger partial charge in [0.05, 0.1) is 12.2 Å². The number of nitrogens with zero attached hydrogens (tertiary/aromatic N) is 1. The highest BCUT2D eigenvalue weighted by Gasteiger charge is 2.15. The summed E-state index contributed by atoms with van der Waals surface area (Å²) in [4.78, 5) is 15.2. The molecule has 8 heteroatoms. The molecule has 0 aliphatic heterocycles. The second-order valence-electron chi connectivity index (χ2n) is 3.45. The van der Waals surface area contributed by atoms with Crippen LogP contribution in [0.3, 0.4) is 0 Å². The number of carbonyl (C=O) groups excluding carboxylic acids is 1. The highest BCUT2D eigenvalue weighted by Crippen LogP contribution is 2.19. The molecule has 0 heterocycles. The molecule has 0 fully saturated rings. The fraction of sp³-hybridized carbons (Fsp3) is 0.273. The Morgan fingerprint density at radius 1 is 1.26 bits per heavy atom. The van der Waals surface area contributed by atoms with Crippen molar-refractivity contribution in [2.75, 3.05) is 26.0 Å². The molecule has 1 aromatic rings. The van der Waals surface area contributed by atoms with E-state index in [-0.39, 0.29) is 6.54 Å². The van der Waals surface area contributed by atoms with Crippen LogP contribution >= 0.6 is 0 Å². The number of halogens is 3. The molecule has 0 aliphatic carbocycles. The highest BCUT2D eigenvalue weighted by atomic mass is 19.2. The van der Waals surface area contributed by atoms with E-state index in [4.69, 9.17) is 0 Å². The molecule has 5 nitrogen and oxygen atoms in total. The number of rotatable bonds is 3. The summed E-state index contributed by atoms with van der Waals surface area (Å²) in [5.41, 5.74) is -0.426. The molecular weight excluding hydrogens is 261 g/mol. The van der Waals surface area contributed by atoms with Crippen molar-refractivity contribution in [1.82, 2.24) is 10.6 Å². The number of benzene rings is 1. The van der Waals surface area contributed by atoms with E-state index >= 15 is 0 Å². The predicted octanol–water partition coefficient (Wildman–Crippen LogP) is 0.837. The summed E-state index contributed by atoms with van der Waals surface area (Å²) in [5, 5.41) is 7.41. The summed E-state index contributed by atoms with van der Waals surface area (Å²) >= 11 is 0. The number of anilines is 1. The maximum atomic E-state index is 13.3. The fourth-order valence-corrected chi connectivity index (χ4v) is 1.26. The van der Waals surface area contributed by atoms with Crippen molar-refractivity contribution in [2.24, 2.45) is 4.99 Å². The summed E-state index contributed by atoms with van der Waals surface area (Å²) in [7, 11) is 3.11. The van der Waals surface area contributed by atoms with Gasteiger partial charge in [-0.3, -0.25) is 9.79 Å². The van der Waals surface area contributed by atoms with Gasteiger partial charge in [0.1, 0.15) is 0 Å². The van der Waals surface area contributed by atoms with E-state index in [9.17, 15) is 18.0 Å². The minimum absolute atomic E-state index is 0.202. The minimum Gasteiger partial charge on any atom is -0.359 e. The summed E-state index contributed by atoms with van der Waals surface area (Å²) in [6, 6.07) is 1.67. The van der Waals surface area contributed by atoms with Gasteiger partial charge in [-0.2, -0.15) is 0 Å². The van der Waals surface area contributed by atoms with Crippen LogP contribution in [0, 0.1) is 17.5 Å². The zero-order chi connectivity index (χ0) is 14.4. The van der Waals surface area contributed by atoms with E-state index < -0.39 is 29.0 Å². The van der Waals surface area contributed by atoms with Gasteiger partial charge in [0, 0.05) is 14.1 Å². The van der Waals surface area contributed by atoms with Crippen molar-refractivity contribution in [3.63, 3.8) is 0 Å². The van der Waals surface area contributed by atoms with Crippen LogP contribution in [0.1, 0.15) is 0 Å². The van der Waals surface area contributed by atoms with Gasteiger partial charge in [0.2, 0.25) is 5.91 Å². The lowest BCUT2D eigenvalue weighted by atomic mass is 10.2. The lowest BCUT2D eigenvalue weighted by molar-refractivity contribution is -0.115. The van der Waals surface area contributed by atoms with Gasteiger partial charge >= 0.3 is 0 Å². The van der Waals surface area contributed by atoms with Crippen LogP contribution in [0.2, 0.25) is 0 Å². The van der Waals surface area contributed by atoms with Gasteiger partial charge in [-0.1, -0.05) is 0 Å². The normalized spacial score (nSPS) is 11.1. The first kappa shape index (κ1) is 14.8. The lowest BCUT2D eigenvalue weighted by Crippen LogP contribution is -2.39. The zero-order valence-electron chi connectivity index (χ0n) is 10.4. The summed E-state index contributed by atoms with van der Waals surface area (Å²) in [6.07, 6.45) is 0. The van der Waals surface area contributed by atoms with Gasteiger partial charge in [0.15, 0.2) is 23.4 Å². The van der Waals surface area contributed by atoms with Crippen LogP contribution in [-0.4, -0.2) is 32.5 Å². The van der Waals surface area contributed by atoms with Crippen LogP contribution in [0.15, 0.2) is 17.1 Å². The molecule has 0 radical (unpaired) electrons. The Morgan fingerprint density at radius 3 is 2.53 bits per heavy atom. The molecule has 0 bridgehead atoms. The molecule has 1 rings (SSSR count). The Morgan fingerprint density at radius 2 is 1.95 bits per heavy atom. The minimum atomic E-state index is -1.63. The lowest BCUT2D eigenvalue weighted by Gasteiger charge is -2.10. The SMILES string of the molecule is CN=C(NC)NCC(=O)Nc1ccc(F)c(F)c1F. The second-order valence-corrected chi connectivity index (χ2v) is 3.45. The van der Waals surface area contributed by atoms with Crippen LogP contribution < -0.4 is 16.0 Å². The average molecular weight is 274 g/mol.